The summed E-state index contributed by atoms with van der Waals surface area (Å²) in [5.41, 5.74) is -0.109. The normalized spacial score (nSPS) is 21.4. The maximum absolute atomic E-state index is 13.2. The van der Waals surface area contributed by atoms with Crippen LogP contribution in [0, 0.1) is 6.92 Å². The Bertz CT molecular complexity index is 1550. The van der Waals surface area contributed by atoms with Crippen molar-refractivity contribution in [2.75, 3.05) is 34.5 Å². The molecule has 4 aromatic rings. The average molecular weight is 619 g/mol. The van der Waals surface area contributed by atoms with Gasteiger partial charge < -0.3 is 24.1 Å². The number of ether oxygens (including phenoxy) is 4. The van der Waals surface area contributed by atoms with Gasteiger partial charge in [0.1, 0.15) is 23.7 Å². The number of hydrogen-bond acceptors (Lipinski definition) is 9. The summed E-state index contributed by atoms with van der Waals surface area (Å²) in [7, 11) is 4.32. The molecular weight excluding hydrogens is 580 g/mol. The van der Waals surface area contributed by atoms with Crippen LogP contribution in [0.1, 0.15) is 28.5 Å². The molecule has 1 saturated heterocycles. The minimum absolute atomic E-state index is 0.0776. The zero-order valence-electron chi connectivity index (χ0n) is 25.6. The molecule has 0 aliphatic carbocycles. The fourth-order valence-electron chi connectivity index (χ4n) is 6.33. The first-order valence-corrected chi connectivity index (χ1v) is 14.5. The van der Waals surface area contributed by atoms with Gasteiger partial charge >= 0.3 is 5.69 Å². The first-order chi connectivity index (χ1) is 21.8. The summed E-state index contributed by atoms with van der Waals surface area (Å²) in [5, 5.41) is 12.2. The number of nitrogens with zero attached hydrogens (tertiary/aromatic N) is 1. The molecule has 11 nitrogen and oxygen atoms in total. The van der Waals surface area contributed by atoms with Crippen molar-refractivity contribution in [2.45, 2.75) is 42.7 Å². The van der Waals surface area contributed by atoms with Crippen molar-refractivity contribution < 1.29 is 33.8 Å². The Hall–Kier alpha value is -3.94. The van der Waals surface area contributed by atoms with E-state index in [9.17, 15) is 14.7 Å². The van der Waals surface area contributed by atoms with Crippen LogP contribution in [0.3, 0.4) is 0 Å². The molecule has 5 rings (SSSR count). The molecule has 0 radical (unpaired) electrons. The second-order valence-electron chi connectivity index (χ2n) is 10.7. The Labute approximate surface area is 260 Å². The number of aryl methyl sites for hydroxylation is 1. The molecule has 1 aliphatic rings. The van der Waals surface area contributed by atoms with Gasteiger partial charge in [0.25, 0.3) is 5.56 Å². The van der Waals surface area contributed by atoms with Crippen LogP contribution >= 0.6 is 0 Å². The van der Waals surface area contributed by atoms with Crippen molar-refractivity contribution in [3.63, 3.8) is 0 Å². The third-order valence-electron chi connectivity index (χ3n) is 8.26. The first-order valence-electron chi connectivity index (χ1n) is 14.5. The Morgan fingerprint density at radius 2 is 1.38 bits per heavy atom. The molecule has 0 bridgehead atoms. The van der Waals surface area contributed by atoms with Crippen LogP contribution in [-0.4, -0.2) is 73.3 Å². The topological polar surface area (TPSA) is 130 Å². The quantitative estimate of drug-likeness (QED) is 0.0763. The van der Waals surface area contributed by atoms with E-state index in [1.165, 1.54) is 32.1 Å². The monoisotopic (exact) mass is 618 g/mol. The number of aliphatic hydroxyl groups excluding tert-OH is 1. The number of nitrogens with one attached hydrogen (secondary N) is 1. The fourth-order valence-corrected chi connectivity index (χ4v) is 6.33. The summed E-state index contributed by atoms with van der Waals surface area (Å²) < 4.78 is 25.6. The standard InChI is InChI=1S/C34H38N2O9/c1-23-22-36(32(39)35-30(23)38)31-28(43-21-20-40-2)27(37)29(44-31)34(41-3,45-42-4)33(24-14-8-5-9-15-24,25-16-10-6-11-17-25)26-18-12-7-13-19-26/h5-19,22,27-29,31,37H,20-21H2,1-4H3,(H,35,38,39)/t27-,28+,29+,31-,34?/m0/s1. The van der Waals surface area contributed by atoms with E-state index in [0.29, 0.717) is 0 Å². The van der Waals surface area contributed by atoms with E-state index in [1.54, 1.807) is 6.92 Å². The van der Waals surface area contributed by atoms with Crippen LogP contribution < -0.4 is 11.2 Å². The highest BCUT2D eigenvalue weighted by molar-refractivity contribution is 5.54. The number of hydrogen-bond donors (Lipinski definition) is 2. The SMILES string of the molecule is COCCO[C@@H]1[C@H](O)[C@H](C(OC)(OOC)C(c2ccccc2)(c2ccccc2)c2ccccc2)O[C@@H]1n1cc(C)c(=O)[nH]c1=O. The van der Waals surface area contributed by atoms with Gasteiger partial charge in [-0.3, -0.25) is 14.3 Å². The van der Waals surface area contributed by atoms with Crippen LogP contribution in [0.25, 0.3) is 0 Å². The number of H-pyrrole nitrogens is 1. The van der Waals surface area contributed by atoms with Gasteiger partial charge in [-0.05, 0) is 23.6 Å². The van der Waals surface area contributed by atoms with E-state index in [1.807, 2.05) is 91.0 Å². The number of aromatic nitrogens is 2. The summed E-state index contributed by atoms with van der Waals surface area (Å²) >= 11 is 0. The molecule has 3 aromatic carbocycles. The molecule has 2 heterocycles. The fraction of sp³-hybridized carbons (Fsp3) is 0.353. The number of aliphatic hydroxyl groups is 1. The molecule has 0 saturated carbocycles. The molecule has 1 aromatic heterocycles. The Morgan fingerprint density at radius 3 is 1.84 bits per heavy atom. The van der Waals surface area contributed by atoms with E-state index in [4.69, 9.17) is 28.7 Å². The van der Waals surface area contributed by atoms with Gasteiger partial charge in [0.05, 0.1) is 20.3 Å². The van der Waals surface area contributed by atoms with Crippen molar-refractivity contribution in [3.05, 3.63) is 140 Å². The van der Waals surface area contributed by atoms with Crippen LogP contribution in [0.2, 0.25) is 0 Å². The van der Waals surface area contributed by atoms with Gasteiger partial charge in [0.2, 0.25) is 5.79 Å². The predicted molar refractivity (Wildman–Crippen MR) is 165 cm³/mol. The van der Waals surface area contributed by atoms with Gasteiger partial charge in [-0.25, -0.2) is 9.68 Å². The smallest absolute Gasteiger partial charge is 0.330 e. The number of methoxy groups -OCH3 is 2. The van der Waals surface area contributed by atoms with Crippen LogP contribution in [0.5, 0.6) is 0 Å². The minimum atomic E-state index is -1.95. The van der Waals surface area contributed by atoms with Gasteiger partial charge in [-0.1, -0.05) is 91.0 Å². The van der Waals surface area contributed by atoms with Crippen LogP contribution in [0.15, 0.2) is 107 Å². The second kappa shape index (κ2) is 14.0. The average Bonchev–Trinajstić information content (AvgIpc) is 3.39. The lowest BCUT2D eigenvalue weighted by atomic mass is 9.61. The van der Waals surface area contributed by atoms with E-state index < -0.39 is 47.0 Å². The van der Waals surface area contributed by atoms with Crippen molar-refractivity contribution in [3.8, 4) is 0 Å². The molecule has 11 heteroatoms. The molecular formula is C34H38N2O9. The Balaban J connectivity index is 1.82. The van der Waals surface area contributed by atoms with Crippen LogP contribution in [0.4, 0.5) is 0 Å². The first kappa shape index (κ1) is 32.5. The van der Waals surface area contributed by atoms with Crippen LogP contribution in [-0.2, 0) is 34.1 Å². The molecule has 1 aliphatic heterocycles. The summed E-state index contributed by atoms with van der Waals surface area (Å²) in [6.07, 6.45) is -3.75. The zero-order chi connectivity index (χ0) is 32.0. The minimum Gasteiger partial charge on any atom is -0.387 e. The molecule has 1 unspecified atom stereocenters. The maximum atomic E-state index is 13.2. The molecule has 45 heavy (non-hydrogen) atoms. The predicted octanol–water partition coefficient (Wildman–Crippen LogP) is 3.09. The van der Waals surface area contributed by atoms with E-state index in [-0.39, 0.29) is 18.8 Å². The third-order valence-corrected chi connectivity index (χ3v) is 8.26. The lowest BCUT2D eigenvalue weighted by Crippen LogP contribution is -2.65. The number of rotatable bonds is 13. The molecule has 5 atom stereocenters. The second-order valence-corrected chi connectivity index (χ2v) is 10.7. The summed E-state index contributed by atoms with van der Waals surface area (Å²) in [6, 6.07) is 28.7. The van der Waals surface area contributed by atoms with E-state index in [0.717, 1.165) is 16.7 Å². The highest BCUT2D eigenvalue weighted by Gasteiger charge is 2.68. The highest BCUT2D eigenvalue weighted by atomic mass is 17.2. The molecule has 238 valence electrons. The van der Waals surface area contributed by atoms with E-state index >= 15 is 0 Å². The molecule has 2 N–H and O–H groups in total. The van der Waals surface area contributed by atoms with Gasteiger partial charge in [-0.15, -0.1) is 0 Å². The van der Waals surface area contributed by atoms with Gasteiger partial charge in [-0.2, -0.15) is 4.89 Å². The number of benzene rings is 3. The maximum Gasteiger partial charge on any atom is 0.330 e. The van der Waals surface area contributed by atoms with Crippen molar-refractivity contribution in [1.82, 2.24) is 9.55 Å². The lowest BCUT2D eigenvalue weighted by Gasteiger charge is -2.51. The Morgan fingerprint density at radius 1 is 0.844 bits per heavy atom. The molecule has 0 spiro atoms. The molecule has 1 fully saturated rings. The summed E-state index contributed by atoms with van der Waals surface area (Å²) in [4.78, 5) is 39.5. The van der Waals surface area contributed by atoms with Crippen molar-refractivity contribution in [1.29, 1.82) is 0 Å². The third kappa shape index (κ3) is 5.68. The zero-order valence-corrected chi connectivity index (χ0v) is 25.6. The van der Waals surface area contributed by atoms with Gasteiger partial charge in [0, 0.05) is 26.0 Å². The largest absolute Gasteiger partial charge is 0.387 e. The Kier molecular flexibility index (Phi) is 10.1. The number of aromatic amines is 1. The lowest BCUT2D eigenvalue weighted by molar-refractivity contribution is -0.452. The summed E-state index contributed by atoms with van der Waals surface area (Å²) in [5.74, 6) is -1.95. The summed E-state index contributed by atoms with van der Waals surface area (Å²) in [6.45, 7) is 1.86. The van der Waals surface area contributed by atoms with Gasteiger partial charge in [0.15, 0.2) is 6.23 Å². The molecule has 0 amide bonds. The van der Waals surface area contributed by atoms with Crippen molar-refractivity contribution >= 4 is 0 Å². The van der Waals surface area contributed by atoms with E-state index in [2.05, 4.69) is 4.98 Å². The highest BCUT2D eigenvalue weighted by Crippen LogP contribution is 2.54. The van der Waals surface area contributed by atoms with Crippen molar-refractivity contribution in [2.24, 2.45) is 0 Å².